The van der Waals surface area contributed by atoms with Crippen molar-refractivity contribution in [3.05, 3.63) is 64.2 Å². The summed E-state index contributed by atoms with van der Waals surface area (Å²) in [6, 6.07) is 12.8. The largest absolute Gasteiger partial charge is 0.368 e. The van der Waals surface area contributed by atoms with Crippen LogP contribution in [0.1, 0.15) is 16.7 Å². The van der Waals surface area contributed by atoms with Gasteiger partial charge in [-0.1, -0.05) is 41.9 Å². The van der Waals surface area contributed by atoms with E-state index in [2.05, 4.69) is 5.32 Å². The molecule has 3 rings (SSSR count). The molecule has 0 fully saturated rings. The van der Waals surface area contributed by atoms with Gasteiger partial charge in [0.2, 0.25) is 11.8 Å². The number of nitrogens with zero attached hydrogens (tertiary/aromatic N) is 1. The lowest BCUT2D eigenvalue weighted by Gasteiger charge is -2.34. The number of anilines is 1. The van der Waals surface area contributed by atoms with E-state index in [1.54, 1.807) is 12.1 Å². The molecule has 0 bridgehead atoms. The van der Waals surface area contributed by atoms with Gasteiger partial charge in [0, 0.05) is 17.3 Å². The van der Waals surface area contributed by atoms with Gasteiger partial charge >= 0.3 is 0 Å². The standard InChI is InChI=1S/C19H20ClN3O2/c1-12-6-7-15(20)9-16(12)22-18(24)11-23-10-14-5-3-2-4-13(14)8-17(23)19(21)25/h2-7,9,17H,8,10-11H2,1H3,(H2,21,25)(H,22,24)/t17-/m1/s1. The number of aryl methyl sites for hydroxylation is 1. The Morgan fingerprint density at radius 1 is 1.24 bits per heavy atom. The van der Waals surface area contributed by atoms with Crippen molar-refractivity contribution < 1.29 is 9.59 Å². The van der Waals surface area contributed by atoms with E-state index in [4.69, 9.17) is 17.3 Å². The monoisotopic (exact) mass is 357 g/mol. The molecular formula is C19H20ClN3O2. The van der Waals surface area contributed by atoms with Crippen LogP contribution in [0.3, 0.4) is 0 Å². The lowest BCUT2D eigenvalue weighted by atomic mass is 9.93. The minimum atomic E-state index is -0.485. The normalized spacial score (nSPS) is 17.0. The van der Waals surface area contributed by atoms with E-state index in [1.807, 2.05) is 42.2 Å². The van der Waals surface area contributed by atoms with Crippen molar-refractivity contribution in [1.82, 2.24) is 4.90 Å². The van der Waals surface area contributed by atoms with Gasteiger partial charge in [-0.2, -0.15) is 0 Å². The molecule has 130 valence electrons. The van der Waals surface area contributed by atoms with Crippen molar-refractivity contribution in [2.45, 2.75) is 25.9 Å². The topological polar surface area (TPSA) is 75.4 Å². The zero-order valence-electron chi connectivity index (χ0n) is 14.0. The highest BCUT2D eigenvalue weighted by Crippen LogP contribution is 2.24. The number of benzene rings is 2. The first kappa shape index (κ1) is 17.5. The average Bonchev–Trinajstić information content (AvgIpc) is 2.57. The average molecular weight is 358 g/mol. The fourth-order valence-electron chi connectivity index (χ4n) is 3.13. The Morgan fingerprint density at radius 2 is 1.96 bits per heavy atom. The van der Waals surface area contributed by atoms with Crippen LogP contribution >= 0.6 is 11.6 Å². The first-order valence-corrected chi connectivity index (χ1v) is 8.48. The third kappa shape index (κ3) is 4.00. The summed E-state index contributed by atoms with van der Waals surface area (Å²) in [5.74, 6) is -0.614. The quantitative estimate of drug-likeness (QED) is 0.882. The summed E-state index contributed by atoms with van der Waals surface area (Å²) in [4.78, 5) is 26.1. The van der Waals surface area contributed by atoms with Gasteiger partial charge in [-0.25, -0.2) is 0 Å². The van der Waals surface area contributed by atoms with Gasteiger partial charge < -0.3 is 11.1 Å². The molecule has 2 aromatic rings. The highest BCUT2D eigenvalue weighted by atomic mass is 35.5. The molecule has 25 heavy (non-hydrogen) atoms. The van der Waals surface area contributed by atoms with Gasteiger partial charge in [0.1, 0.15) is 0 Å². The number of hydrogen-bond acceptors (Lipinski definition) is 3. The molecule has 0 unspecified atom stereocenters. The van der Waals surface area contributed by atoms with Crippen LogP contribution in [-0.2, 0) is 22.6 Å². The second kappa shape index (κ2) is 7.25. The maximum Gasteiger partial charge on any atom is 0.238 e. The number of fused-ring (bicyclic) bond motifs is 1. The van der Waals surface area contributed by atoms with Crippen molar-refractivity contribution in [3.63, 3.8) is 0 Å². The number of halogens is 1. The van der Waals surface area contributed by atoms with E-state index in [0.717, 1.165) is 16.7 Å². The maximum absolute atomic E-state index is 12.5. The Morgan fingerprint density at radius 3 is 2.68 bits per heavy atom. The molecule has 6 heteroatoms. The minimum Gasteiger partial charge on any atom is -0.368 e. The van der Waals surface area contributed by atoms with Crippen molar-refractivity contribution >= 4 is 29.1 Å². The molecule has 0 aliphatic carbocycles. The summed E-state index contributed by atoms with van der Waals surface area (Å²) in [7, 11) is 0. The second-order valence-corrected chi connectivity index (χ2v) is 6.74. The molecule has 1 aliphatic rings. The fourth-order valence-corrected chi connectivity index (χ4v) is 3.30. The Labute approximate surface area is 151 Å². The number of nitrogens with one attached hydrogen (secondary N) is 1. The summed E-state index contributed by atoms with van der Waals surface area (Å²) in [6.07, 6.45) is 0.523. The van der Waals surface area contributed by atoms with E-state index in [0.29, 0.717) is 23.7 Å². The molecule has 0 saturated carbocycles. The van der Waals surface area contributed by atoms with Crippen LogP contribution in [0.25, 0.3) is 0 Å². The molecule has 1 atom stereocenters. The first-order chi connectivity index (χ1) is 11.9. The van der Waals surface area contributed by atoms with E-state index < -0.39 is 11.9 Å². The highest BCUT2D eigenvalue weighted by Gasteiger charge is 2.31. The second-order valence-electron chi connectivity index (χ2n) is 6.30. The lowest BCUT2D eigenvalue weighted by Crippen LogP contribution is -2.50. The van der Waals surface area contributed by atoms with E-state index in [9.17, 15) is 9.59 Å². The van der Waals surface area contributed by atoms with Crippen LogP contribution in [0, 0.1) is 6.92 Å². The SMILES string of the molecule is Cc1ccc(Cl)cc1NC(=O)CN1Cc2ccccc2C[C@@H]1C(N)=O. The van der Waals surface area contributed by atoms with E-state index >= 15 is 0 Å². The molecule has 1 heterocycles. The van der Waals surface area contributed by atoms with Crippen LogP contribution in [0.5, 0.6) is 0 Å². The predicted molar refractivity (Wildman–Crippen MR) is 98.4 cm³/mol. The zero-order valence-corrected chi connectivity index (χ0v) is 14.7. The molecule has 0 radical (unpaired) electrons. The number of carbonyl (C=O) groups is 2. The number of nitrogens with two attached hydrogens (primary N) is 1. The molecular weight excluding hydrogens is 338 g/mol. The van der Waals surface area contributed by atoms with Gasteiger partial charge in [0.25, 0.3) is 0 Å². The van der Waals surface area contributed by atoms with Crippen LogP contribution in [0.4, 0.5) is 5.69 Å². The number of carbonyl (C=O) groups excluding carboxylic acids is 2. The number of rotatable bonds is 4. The third-order valence-corrected chi connectivity index (χ3v) is 4.73. The van der Waals surface area contributed by atoms with E-state index in [-0.39, 0.29) is 12.5 Å². The summed E-state index contributed by atoms with van der Waals surface area (Å²) >= 11 is 5.99. The van der Waals surface area contributed by atoms with Gasteiger partial charge in [-0.15, -0.1) is 0 Å². The number of primary amides is 1. The number of amides is 2. The van der Waals surface area contributed by atoms with Gasteiger partial charge in [0.15, 0.2) is 0 Å². The summed E-state index contributed by atoms with van der Waals surface area (Å²) in [5.41, 5.74) is 9.38. The molecule has 0 aromatic heterocycles. The Kier molecular flexibility index (Phi) is 5.06. The van der Waals surface area contributed by atoms with Gasteiger partial charge in [-0.05, 0) is 42.2 Å². The Hall–Kier alpha value is -2.37. The summed E-state index contributed by atoms with van der Waals surface area (Å²) < 4.78 is 0. The zero-order chi connectivity index (χ0) is 18.0. The van der Waals surface area contributed by atoms with Gasteiger partial charge in [-0.3, -0.25) is 14.5 Å². The molecule has 1 aliphatic heterocycles. The maximum atomic E-state index is 12.5. The van der Waals surface area contributed by atoms with Crippen LogP contribution < -0.4 is 11.1 Å². The fraction of sp³-hybridized carbons (Fsp3) is 0.263. The van der Waals surface area contributed by atoms with Crippen molar-refractivity contribution in [2.75, 3.05) is 11.9 Å². The summed E-state index contributed by atoms with van der Waals surface area (Å²) in [5, 5.41) is 3.42. The van der Waals surface area contributed by atoms with Crippen LogP contribution in [0.15, 0.2) is 42.5 Å². The Balaban J connectivity index is 1.75. The molecule has 2 aromatic carbocycles. The lowest BCUT2D eigenvalue weighted by molar-refractivity contribution is -0.125. The summed E-state index contributed by atoms with van der Waals surface area (Å²) in [6.45, 7) is 2.51. The molecule has 2 amide bonds. The molecule has 0 saturated heterocycles. The molecule has 5 nitrogen and oxygen atoms in total. The molecule has 3 N–H and O–H groups in total. The minimum absolute atomic E-state index is 0.0912. The highest BCUT2D eigenvalue weighted by molar-refractivity contribution is 6.31. The van der Waals surface area contributed by atoms with Crippen molar-refractivity contribution in [3.8, 4) is 0 Å². The molecule has 0 spiro atoms. The Bertz CT molecular complexity index is 822. The van der Waals surface area contributed by atoms with Gasteiger partial charge in [0.05, 0.1) is 12.6 Å². The van der Waals surface area contributed by atoms with Crippen LogP contribution in [0.2, 0.25) is 5.02 Å². The van der Waals surface area contributed by atoms with E-state index in [1.165, 1.54) is 0 Å². The van der Waals surface area contributed by atoms with Crippen LogP contribution in [-0.4, -0.2) is 29.3 Å². The number of hydrogen-bond donors (Lipinski definition) is 2. The first-order valence-electron chi connectivity index (χ1n) is 8.10. The smallest absolute Gasteiger partial charge is 0.238 e. The predicted octanol–water partition coefficient (Wildman–Crippen LogP) is 2.50. The van der Waals surface area contributed by atoms with Crippen molar-refractivity contribution in [2.24, 2.45) is 5.73 Å². The third-order valence-electron chi connectivity index (χ3n) is 4.49. The van der Waals surface area contributed by atoms with Crippen molar-refractivity contribution in [1.29, 1.82) is 0 Å².